The molecule has 152 valence electrons. The molecular formula is C20H16F3NO4S. The van der Waals surface area contributed by atoms with E-state index in [9.17, 15) is 27.9 Å². The van der Waals surface area contributed by atoms with Crippen molar-refractivity contribution in [3.05, 3.63) is 59.7 Å². The van der Waals surface area contributed by atoms with E-state index in [1.807, 2.05) is 48.5 Å². The summed E-state index contributed by atoms with van der Waals surface area (Å²) in [5.41, 5.74) is 3.80. The number of hydrogen-bond donors (Lipinski definition) is 1. The van der Waals surface area contributed by atoms with Gasteiger partial charge in [-0.25, -0.2) is 9.59 Å². The van der Waals surface area contributed by atoms with Gasteiger partial charge in [-0.15, -0.1) is 11.8 Å². The molecule has 29 heavy (non-hydrogen) atoms. The number of fused-ring (bicyclic) bond motifs is 3. The molecule has 5 nitrogen and oxygen atoms in total. The molecule has 2 aromatic carbocycles. The first-order valence-corrected chi connectivity index (χ1v) is 9.88. The fourth-order valence-electron chi connectivity index (χ4n) is 3.84. The zero-order valence-electron chi connectivity index (χ0n) is 14.9. The summed E-state index contributed by atoms with van der Waals surface area (Å²) in [5, 5.41) is 6.99. The lowest BCUT2D eigenvalue weighted by molar-refractivity contribution is -0.162. The molecule has 9 heteroatoms. The summed E-state index contributed by atoms with van der Waals surface area (Å²) >= 11 is 0.377. The number of aliphatic carboxylic acids is 1. The van der Waals surface area contributed by atoms with Crippen molar-refractivity contribution in [3.8, 4) is 11.1 Å². The maximum atomic E-state index is 13.3. The first-order chi connectivity index (χ1) is 13.8. The molecule has 1 aliphatic heterocycles. The summed E-state index contributed by atoms with van der Waals surface area (Å²) in [6.45, 7) is -0.176. The fourth-order valence-corrected chi connectivity index (χ4v) is 5.09. The first kappa shape index (κ1) is 19.6. The van der Waals surface area contributed by atoms with Crippen LogP contribution in [0.25, 0.3) is 11.1 Å². The van der Waals surface area contributed by atoms with Crippen molar-refractivity contribution in [2.75, 3.05) is 12.4 Å². The van der Waals surface area contributed by atoms with Crippen LogP contribution in [-0.4, -0.2) is 52.0 Å². The van der Waals surface area contributed by atoms with Gasteiger partial charge in [-0.3, -0.25) is 4.90 Å². The number of nitrogens with zero attached hydrogens (tertiary/aromatic N) is 1. The van der Waals surface area contributed by atoms with Crippen molar-refractivity contribution in [1.82, 2.24) is 4.90 Å². The zero-order valence-corrected chi connectivity index (χ0v) is 15.7. The quantitative estimate of drug-likeness (QED) is 0.796. The van der Waals surface area contributed by atoms with E-state index < -0.39 is 29.7 Å². The second-order valence-electron chi connectivity index (χ2n) is 6.79. The standard InChI is InChI=1S/C20H16F3NO4S/c21-20(22,23)18-24(16(10-29-18)17(25)26)19(27)28-9-15-13-7-3-1-5-11(13)12-6-2-4-8-14(12)15/h1-8,15-16,18H,9-10H2,(H,25,26). The van der Waals surface area contributed by atoms with Gasteiger partial charge >= 0.3 is 18.2 Å². The van der Waals surface area contributed by atoms with E-state index in [0.717, 1.165) is 22.3 Å². The molecule has 0 radical (unpaired) electrons. The van der Waals surface area contributed by atoms with Gasteiger partial charge in [0.1, 0.15) is 12.6 Å². The maximum Gasteiger partial charge on any atom is 0.418 e. The smallest absolute Gasteiger partial charge is 0.418 e. The highest BCUT2D eigenvalue weighted by Gasteiger charge is 2.55. The van der Waals surface area contributed by atoms with Crippen molar-refractivity contribution in [2.24, 2.45) is 0 Å². The van der Waals surface area contributed by atoms with Crippen LogP contribution in [0.4, 0.5) is 18.0 Å². The van der Waals surface area contributed by atoms with E-state index >= 15 is 0 Å². The molecule has 1 heterocycles. The highest BCUT2D eigenvalue weighted by molar-refractivity contribution is 8.00. The highest BCUT2D eigenvalue weighted by Crippen LogP contribution is 2.45. The number of alkyl halides is 3. The van der Waals surface area contributed by atoms with Gasteiger partial charge in [0, 0.05) is 11.7 Å². The SMILES string of the molecule is O=C(O)C1CSC(C(F)(F)F)N1C(=O)OCC1c2ccccc2-c2ccccc21. The number of halogens is 3. The van der Waals surface area contributed by atoms with Crippen LogP contribution in [0, 0.1) is 0 Å². The summed E-state index contributed by atoms with van der Waals surface area (Å²) < 4.78 is 45.1. The van der Waals surface area contributed by atoms with Crippen LogP contribution in [-0.2, 0) is 9.53 Å². The molecule has 0 spiro atoms. The molecule has 2 unspecified atom stereocenters. The van der Waals surface area contributed by atoms with Gasteiger partial charge in [0.05, 0.1) is 0 Å². The second kappa shape index (κ2) is 7.29. The van der Waals surface area contributed by atoms with E-state index in [1.54, 1.807) is 0 Å². The van der Waals surface area contributed by atoms with E-state index in [-0.39, 0.29) is 18.3 Å². The van der Waals surface area contributed by atoms with Gasteiger partial charge in [-0.1, -0.05) is 48.5 Å². The number of carboxylic acids is 1. The summed E-state index contributed by atoms with van der Waals surface area (Å²) in [5.74, 6) is -2.16. The fraction of sp³-hybridized carbons (Fsp3) is 0.300. The Morgan fingerprint density at radius 3 is 2.14 bits per heavy atom. The van der Waals surface area contributed by atoms with Crippen LogP contribution in [0.2, 0.25) is 0 Å². The first-order valence-electron chi connectivity index (χ1n) is 8.83. The van der Waals surface area contributed by atoms with Crippen LogP contribution < -0.4 is 0 Å². The van der Waals surface area contributed by atoms with Gasteiger partial charge < -0.3 is 9.84 Å². The Labute approximate surface area is 168 Å². The molecule has 1 saturated heterocycles. The van der Waals surface area contributed by atoms with Crippen molar-refractivity contribution < 1.29 is 32.6 Å². The van der Waals surface area contributed by atoms with E-state index in [4.69, 9.17) is 4.74 Å². The monoisotopic (exact) mass is 423 g/mol. The minimum Gasteiger partial charge on any atom is -0.480 e. The molecule has 0 aromatic heterocycles. The van der Waals surface area contributed by atoms with Crippen LogP contribution in [0.5, 0.6) is 0 Å². The largest absolute Gasteiger partial charge is 0.480 e. The number of rotatable bonds is 3. The predicted octanol–water partition coefficient (Wildman–Crippen LogP) is 4.33. The van der Waals surface area contributed by atoms with Crippen molar-refractivity contribution in [2.45, 2.75) is 23.5 Å². The Morgan fingerprint density at radius 1 is 1.07 bits per heavy atom. The number of carboxylic acid groups (broad SMARTS) is 1. The summed E-state index contributed by atoms with van der Waals surface area (Å²) in [7, 11) is 0. The minimum atomic E-state index is -4.75. The lowest BCUT2D eigenvalue weighted by Crippen LogP contribution is -2.50. The Morgan fingerprint density at radius 2 is 1.62 bits per heavy atom. The van der Waals surface area contributed by atoms with Crippen LogP contribution >= 0.6 is 11.8 Å². The molecular weight excluding hydrogens is 407 g/mol. The van der Waals surface area contributed by atoms with E-state index in [2.05, 4.69) is 0 Å². The number of hydrogen-bond acceptors (Lipinski definition) is 4. The number of ether oxygens (including phenoxy) is 1. The van der Waals surface area contributed by atoms with Crippen molar-refractivity contribution in [1.29, 1.82) is 0 Å². The van der Waals surface area contributed by atoms with Gasteiger partial charge in [-0.05, 0) is 22.3 Å². The minimum absolute atomic E-state index is 0.176. The third kappa shape index (κ3) is 3.43. The molecule has 1 aliphatic carbocycles. The number of thioether (sulfide) groups is 1. The topological polar surface area (TPSA) is 66.8 Å². The Bertz CT molecular complexity index is 919. The summed E-state index contributed by atoms with van der Waals surface area (Å²) in [6.07, 6.45) is -6.02. The summed E-state index contributed by atoms with van der Waals surface area (Å²) in [4.78, 5) is 24.2. The summed E-state index contributed by atoms with van der Waals surface area (Å²) in [6, 6.07) is 13.5. The van der Waals surface area contributed by atoms with Gasteiger partial charge in [0.15, 0.2) is 5.37 Å². The lowest BCUT2D eigenvalue weighted by Gasteiger charge is -2.28. The normalized spacial score (nSPS) is 21.0. The molecule has 2 aliphatic rings. The average Bonchev–Trinajstić information content (AvgIpc) is 3.27. The number of amides is 1. The molecule has 1 N–H and O–H groups in total. The molecule has 4 rings (SSSR count). The molecule has 0 bridgehead atoms. The molecule has 2 aromatic rings. The predicted molar refractivity (Wildman–Crippen MR) is 101 cm³/mol. The van der Waals surface area contributed by atoms with Gasteiger partial charge in [-0.2, -0.15) is 13.2 Å². The van der Waals surface area contributed by atoms with Crippen LogP contribution in [0.15, 0.2) is 48.5 Å². The van der Waals surface area contributed by atoms with Crippen LogP contribution in [0.3, 0.4) is 0 Å². The molecule has 1 fully saturated rings. The highest BCUT2D eigenvalue weighted by atomic mass is 32.2. The Hall–Kier alpha value is -2.68. The third-order valence-electron chi connectivity index (χ3n) is 5.11. The zero-order chi connectivity index (χ0) is 20.8. The second-order valence-corrected chi connectivity index (χ2v) is 7.91. The number of carbonyl (C=O) groups is 2. The average molecular weight is 423 g/mol. The number of carbonyl (C=O) groups excluding carboxylic acids is 1. The Balaban J connectivity index is 1.57. The van der Waals surface area contributed by atoms with E-state index in [1.165, 1.54) is 0 Å². The van der Waals surface area contributed by atoms with Crippen molar-refractivity contribution in [3.63, 3.8) is 0 Å². The maximum absolute atomic E-state index is 13.3. The third-order valence-corrected chi connectivity index (χ3v) is 6.43. The lowest BCUT2D eigenvalue weighted by atomic mass is 9.98. The Kier molecular flexibility index (Phi) is 4.94. The van der Waals surface area contributed by atoms with Crippen LogP contribution in [0.1, 0.15) is 17.0 Å². The molecule has 2 atom stereocenters. The van der Waals surface area contributed by atoms with E-state index in [0.29, 0.717) is 16.7 Å². The molecule has 1 amide bonds. The van der Waals surface area contributed by atoms with Gasteiger partial charge in [0.25, 0.3) is 0 Å². The molecule has 0 saturated carbocycles. The number of benzene rings is 2. The van der Waals surface area contributed by atoms with Crippen molar-refractivity contribution >= 4 is 23.8 Å². The van der Waals surface area contributed by atoms with Gasteiger partial charge in [0.2, 0.25) is 0 Å².